The van der Waals surface area contributed by atoms with Gasteiger partial charge in [-0.15, -0.1) is 0 Å². The molecule has 2 atom stereocenters. The molecular formula is C13H18ClN. The molecule has 0 aromatic heterocycles. The Labute approximate surface area is 96.8 Å². The first-order chi connectivity index (χ1) is 7.31. The topological polar surface area (TPSA) is 12.0 Å². The van der Waals surface area contributed by atoms with Crippen LogP contribution in [0.25, 0.3) is 0 Å². The predicted octanol–water partition coefficient (Wildman–Crippen LogP) is 3.44. The van der Waals surface area contributed by atoms with Gasteiger partial charge >= 0.3 is 0 Å². The molecule has 1 saturated heterocycles. The minimum Gasteiger partial charge on any atom is -0.316 e. The molecule has 2 rings (SSSR count). The molecule has 1 aliphatic heterocycles. The van der Waals surface area contributed by atoms with E-state index in [1.54, 1.807) is 0 Å². The Morgan fingerprint density at radius 3 is 3.00 bits per heavy atom. The molecule has 1 aromatic carbocycles. The standard InChI is InChI=1S/C13H18ClN/c1-2-4-11-8-15-9-13(11)10-5-3-6-12(14)7-10/h3,5-7,11,13,15H,2,4,8-9H2,1H3/t11-,13-/m0/s1. The fourth-order valence-corrected chi connectivity index (χ4v) is 2.73. The average Bonchev–Trinajstić information content (AvgIpc) is 2.66. The fourth-order valence-electron chi connectivity index (χ4n) is 2.53. The molecule has 0 unspecified atom stereocenters. The lowest BCUT2D eigenvalue weighted by Crippen LogP contribution is -2.10. The van der Waals surface area contributed by atoms with E-state index in [0.29, 0.717) is 5.92 Å². The third-order valence-corrected chi connectivity index (χ3v) is 3.51. The van der Waals surface area contributed by atoms with Gasteiger partial charge in [-0.3, -0.25) is 0 Å². The summed E-state index contributed by atoms with van der Waals surface area (Å²) in [6.45, 7) is 4.52. The summed E-state index contributed by atoms with van der Waals surface area (Å²) in [5, 5.41) is 4.34. The SMILES string of the molecule is CCC[C@H]1CNC[C@H]1c1cccc(Cl)c1. The van der Waals surface area contributed by atoms with E-state index in [-0.39, 0.29) is 0 Å². The van der Waals surface area contributed by atoms with E-state index in [1.807, 2.05) is 6.07 Å². The fraction of sp³-hybridized carbons (Fsp3) is 0.538. The molecule has 2 heteroatoms. The average molecular weight is 224 g/mol. The van der Waals surface area contributed by atoms with Crippen LogP contribution in [-0.2, 0) is 0 Å². The van der Waals surface area contributed by atoms with E-state index in [0.717, 1.165) is 24.0 Å². The molecule has 0 radical (unpaired) electrons. The first-order valence-corrected chi connectivity index (χ1v) is 6.15. The minimum absolute atomic E-state index is 0.656. The first-order valence-electron chi connectivity index (χ1n) is 5.77. The molecule has 0 bridgehead atoms. The molecular weight excluding hydrogens is 206 g/mol. The van der Waals surface area contributed by atoms with Gasteiger partial charge in [0.05, 0.1) is 0 Å². The molecule has 1 nitrogen and oxygen atoms in total. The van der Waals surface area contributed by atoms with Crippen LogP contribution in [0.2, 0.25) is 5.02 Å². The third kappa shape index (κ3) is 2.53. The highest BCUT2D eigenvalue weighted by Crippen LogP contribution is 2.32. The number of halogens is 1. The van der Waals surface area contributed by atoms with Gasteiger partial charge < -0.3 is 5.32 Å². The van der Waals surface area contributed by atoms with Crippen molar-refractivity contribution in [2.45, 2.75) is 25.7 Å². The van der Waals surface area contributed by atoms with Gasteiger partial charge in [0.2, 0.25) is 0 Å². The summed E-state index contributed by atoms with van der Waals surface area (Å²) in [6.07, 6.45) is 2.58. The Kier molecular flexibility index (Phi) is 3.66. The van der Waals surface area contributed by atoms with Gasteiger partial charge in [0.25, 0.3) is 0 Å². The second-order valence-corrected chi connectivity index (χ2v) is 4.80. The van der Waals surface area contributed by atoms with Crippen LogP contribution in [0.4, 0.5) is 0 Å². The second kappa shape index (κ2) is 5.00. The molecule has 1 fully saturated rings. The number of hydrogen-bond acceptors (Lipinski definition) is 1. The number of rotatable bonds is 3. The maximum Gasteiger partial charge on any atom is 0.0408 e. The van der Waals surface area contributed by atoms with E-state index >= 15 is 0 Å². The Morgan fingerprint density at radius 1 is 1.40 bits per heavy atom. The van der Waals surface area contributed by atoms with Gasteiger partial charge in [-0.25, -0.2) is 0 Å². The highest BCUT2D eigenvalue weighted by Gasteiger charge is 2.27. The molecule has 15 heavy (non-hydrogen) atoms. The van der Waals surface area contributed by atoms with Crippen LogP contribution in [-0.4, -0.2) is 13.1 Å². The van der Waals surface area contributed by atoms with Gasteiger partial charge in [-0.2, -0.15) is 0 Å². The molecule has 1 N–H and O–H groups in total. The monoisotopic (exact) mass is 223 g/mol. The van der Waals surface area contributed by atoms with Crippen molar-refractivity contribution >= 4 is 11.6 Å². The van der Waals surface area contributed by atoms with Crippen LogP contribution >= 0.6 is 11.6 Å². The van der Waals surface area contributed by atoms with E-state index in [4.69, 9.17) is 11.6 Å². The van der Waals surface area contributed by atoms with Crippen LogP contribution in [0.3, 0.4) is 0 Å². The van der Waals surface area contributed by atoms with Crippen LogP contribution in [0.5, 0.6) is 0 Å². The van der Waals surface area contributed by atoms with Crippen LogP contribution < -0.4 is 5.32 Å². The molecule has 0 spiro atoms. The Morgan fingerprint density at radius 2 is 2.27 bits per heavy atom. The summed E-state index contributed by atoms with van der Waals surface area (Å²) >= 11 is 6.03. The maximum atomic E-state index is 6.03. The van der Waals surface area contributed by atoms with Crippen molar-refractivity contribution in [2.75, 3.05) is 13.1 Å². The van der Waals surface area contributed by atoms with Crippen molar-refractivity contribution in [3.63, 3.8) is 0 Å². The molecule has 1 aliphatic rings. The maximum absolute atomic E-state index is 6.03. The second-order valence-electron chi connectivity index (χ2n) is 4.37. The van der Waals surface area contributed by atoms with E-state index in [1.165, 1.54) is 18.4 Å². The lowest BCUT2D eigenvalue weighted by atomic mass is 9.86. The Hall–Kier alpha value is -0.530. The molecule has 82 valence electrons. The summed E-state index contributed by atoms with van der Waals surface area (Å²) in [6, 6.07) is 8.31. The van der Waals surface area contributed by atoms with Crippen molar-refractivity contribution in [1.82, 2.24) is 5.32 Å². The first kappa shape index (κ1) is 11.0. The van der Waals surface area contributed by atoms with Crippen LogP contribution in [0.1, 0.15) is 31.2 Å². The van der Waals surface area contributed by atoms with E-state index in [2.05, 4.69) is 30.4 Å². The molecule has 0 amide bonds. The molecule has 1 heterocycles. The highest BCUT2D eigenvalue weighted by molar-refractivity contribution is 6.30. The zero-order valence-electron chi connectivity index (χ0n) is 9.17. The van der Waals surface area contributed by atoms with Gasteiger partial charge in [-0.05, 0) is 36.6 Å². The number of nitrogens with one attached hydrogen (secondary N) is 1. The smallest absolute Gasteiger partial charge is 0.0408 e. The van der Waals surface area contributed by atoms with Crippen LogP contribution in [0.15, 0.2) is 24.3 Å². The van der Waals surface area contributed by atoms with Gasteiger partial charge in [-0.1, -0.05) is 37.1 Å². The van der Waals surface area contributed by atoms with Gasteiger partial charge in [0.15, 0.2) is 0 Å². The number of hydrogen-bond donors (Lipinski definition) is 1. The largest absolute Gasteiger partial charge is 0.316 e. The van der Waals surface area contributed by atoms with Crippen molar-refractivity contribution in [3.8, 4) is 0 Å². The molecule has 0 saturated carbocycles. The zero-order valence-corrected chi connectivity index (χ0v) is 9.93. The van der Waals surface area contributed by atoms with E-state index < -0.39 is 0 Å². The van der Waals surface area contributed by atoms with Crippen molar-refractivity contribution in [3.05, 3.63) is 34.9 Å². The third-order valence-electron chi connectivity index (χ3n) is 3.28. The summed E-state index contributed by atoms with van der Waals surface area (Å²) in [5.74, 6) is 1.44. The molecule has 1 aromatic rings. The lowest BCUT2D eigenvalue weighted by Gasteiger charge is -2.18. The zero-order chi connectivity index (χ0) is 10.7. The lowest BCUT2D eigenvalue weighted by molar-refractivity contribution is 0.474. The highest BCUT2D eigenvalue weighted by atomic mass is 35.5. The summed E-state index contributed by atoms with van der Waals surface area (Å²) in [4.78, 5) is 0. The van der Waals surface area contributed by atoms with E-state index in [9.17, 15) is 0 Å². The van der Waals surface area contributed by atoms with Crippen molar-refractivity contribution in [1.29, 1.82) is 0 Å². The minimum atomic E-state index is 0.656. The predicted molar refractivity (Wildman–Crippen MR) is 65.5 cm³/mol. The normalized spacial score (nSPS) is 25.7. The molecule has 0 aliphatic carbocycles. The number of benzene rings is 1. The summed E-state index contributed by atoms with van der Waals surface area (Å²) < 4.78 is 0. The summed E-state index contributed by atoms with van der Waals surface area (Å²) in [5.41, 5.74) is 1.39. The van der Waals surface area contributed by atoms with Crippen molar-refractivity contribution < 1.29 is 0 Å². The Balaban J connectivity index is 2.15. The van der Waals surface area contributed by atoms with Gasteiger partial charge in [0.1, 0.15) is 0 Å². The van der Waals surface area contributed by atoms with Crippen LogP contribution in [0, 0.1) is 5.92 Å². The van der Waals surface area contributed by atoms with Crippen molar-refractivity contribution in [2.24, 2.45) is 5.92 Å². The Bertz CT molecular complexity index is 324. The quantitative estimate of drug-likeness (QED) is 0.828. The summed E-state index contributed by atoms with van der Waals surface area (Å²) in [7, 11) is 0. The van der Waals surface area contributed by atoms with Gasteiger partial charge in [0, 0.05) is 17.5 Å².